The topological polar surface area (TPSA) is 46.2 Å². The van der Waals surface area contributed by atoms with E-state index in [4.69, 9.17) is 0 Å². The second-order valence-electron chi connectivity index (χ2n) is 6.19. The van der Waals surface area contributed by atoms with Crippen LogP contribution in [0.25, 0.3) is 0 Å². The Morgan fingerprint density at radius 3 is 2.14 bits per heavy atom. The maximum Gasteiger partial charge on any atom is 0.240 e. The van der Waals surface area contributed by atoms with Crippen molar-refractivity contribution in [2.24, 2.45) is 0 Å². The van der Waals surface area contributed by atoms with Crippen molar-refractivity contribution in [2.75, 3.05) is 0 Å². The van der Waals surface area contributed by atoms with Gasteiger partial charge in [0.15, 0.2) is 0 Å². The summed E-state index contributed by atoms with van der Waals surface area (Å²) in [4.78, 5) is 0.178. The van der Waals surface area contributed by atoms with Gasteiger partial charge < -0.3 is 0 Å². The summed E-state index contributed by atoms with van der Waals surface area (Å²) >= 11 is 0. The Kier molecular flexibility index (Phi) is 4.68. The molecule has 2 rings (SSSR count). The molecule has 0 saturated heterocycles. The molecule has 0 heterocycles. The molecular formula is C17H20FNO2S. The lowest BCUT2D eigenvalue weighted by atomic mass is 9.87. The molecule has 0 fully saturated rings. The van der Waals surface area contributed by atoms with Gasteiger partial charge in [0.25, 0.3) is 0 Å². The second-order valence-corrected chi connectivity index (χ2v) is 7.96. The molecule has 0 aromatic heterocycles. The lowest BCUT2D eigenvalue weighted by Gasteiger charge is -2.19. The highest BCUT2D eigenvalue weighted by atomic mass is 32.2. The first-order valence-electron chi connectivity index (χ1n) is 7.04. The monoisotopic (exact) mass is 321 g/mol. The van der Waals surface area contributed by atoms with Crippen molar-refractivity contribution in [3.05, 3.63) is 65.5 Å². The molecule has 0 atom stereocenters. The van der Waals surface area contributed by atoms with Crippen LogP contribution in [0.4, 0.5) is 4.39 Å². The van der Waals surface area contributed by atoms with E-state index in [9.17, 15) is 12.8 Å². The van der Waals surface area contributed by atoms with Crippen LogP contribution in [-0.4, -0.2) is 8.42 Å². The van der Waals surface area contributed by atoms with E-state index in [2.05, 4.69) is 25.5 Å². The first-order valence-corrected chi connectivity index (χ1v) is 8.52. The maximum absolute atomic E-state index is 13.5. The molecule has 2 aromatic rings. The smallest absolute Gasteiger partial charge is 0.207 e. The number of nitrogens with one attached hydrogen (secondary N) is 1. The van der Waals surface area contributed by atoms with Gasteiger partial charge in [-0.3, -0.25) is 0 Å². The van der Waals surface area contributed by atoms with Crippen molar-refractivity contribution in [3.63, 3.8) is 0 Å². The summed E-state index contributed by atoms with van der Waals surface area (Å²) in [5.41, 5.74) is 1.33. The van der Waals surface area contributed by atoms with Crippen molar-refractivity contribution in [3.8, 4) is 0 Å². The van der Waals surface area contributed by atoms with Crippen molar-refractivity contribution < 1.29 is 12.8 Å². The van der Waals surface area contributed by atoms with Gasteiger partial charge in [0.1, 0.15) is 5.82 Å². The summed E-state index contributed by atoms with van der Waals surface area (Å²) in [6.45, 7) is 6.11. The SMILES string of the molecule is CC(C)(C)c1ccc(S(=O)(=O)NCc2ccccc2F)cc1. The second kappa shape index (κ2) is 6.18. The van der Waals surface area contributed by atoms with E-state index in [0.717, 1.165) is 5.56 Å². The number of halogens is 1. The van der Waals surface area contributed by atoms with Crippen molar-refractivity contribution in [1.29, 1.82) is 0 Å². The Balaban J connectivity index is 2.15. The third-order valence-corrected chi connectivity index (χ3v) is 4.86. The number of hydrogen-bond donors (Lipinski definition) is 1. The predicted octanol–water partition coefficient (Wildman–Crippen LogP) is 3.60. The minimum atomic E-state index is -3.65. The fourth-order valence-corrected chi connectivity index (χ4v) is 3.04. The summed E-state index contributed by atoms with van der Waals surface area (Å²) in [6, 6.07) is 12.9. The normalized spacial score (nSPS) is 12.4. The van der Waals surface area contributed by atoms with Gasteiger partial charge in [0.2, 0.25) is 10.0 Å². The average molecular weight is 321 g/mol. The Labute approximate surface area is 131 Å². The summed E-state index contributed by atoms with van der Waals surface area (Å²) in [5.74, 6) is -0.423. The molecule has 0 aliphatic rings. The molecule has 0 aliphatic carbocycles. The Morgan fingerprint density at radius 1 is 1.00 bits per heavy atom. The molecule has 5 heteroatoms. The van der Waals surface area contributed by atoms with Crippen molar-refractivity contribution in [1.82, 2.24) is 4.72 Å². The van der Waals surface area contributed by atoms with Gasteiger partial charge in [0.05, 0.1) is 4.90 Å². The van der Waals surface area contributed by atoms with Crippen LogP contribution >= 0.6 is 0 Å². The van der Waals surface area contributed by atoms with Gasteiger partial charge in [-0.2, -0.15) is 0 Å². The number of benzene rings is 2. The third-order valence-electron chi connectivity index (χ3n) is 3.44. The van der Waals surface area contributed by atoms with Gasteiger partial charge in [-0.15, -0.1) is 0 Å². The van der Waals surface area contributed by atoms with E-state index in [1.54, 1.807) is 42.5 Å². The van der Waals surface area contributed by atoms with Gasteiger partial charge in [0, 0.05) is 12.1 Å². The van der Waals surface area contributed by atoms with Crippen LogP contribution in [0.5, 0.6) is 0 Å². The first-order chi connectivity index (χ1) is 10.2. The minimum absolute atomic E-state index is 0.0388. The lowest BCUT2D eigenvalue weighted by Crippen LogP contribution is -2.24. The highest BCUT2D eigenvalue weighted by Crippen LogP contribution is 2.23. The van der Waals surface area contributed by atoms with Crippen LogP contribution in [0.2, 0.25) is 0 Å². The molecule has 0 bridgehead atoms. The first kappa shape index (κ1) is 16.6. The van der Waals surface area contributed by atoms with Crippen LogP contribution in [0.1, 0.15) is 31.9 Å². The number of sulfonamides is 1. The van der Waals surface area contributed by atoms with Crippen LogP contribution in [0.3, 0.4) is 0 Å². The molecule has 0 saturated carbocycles. The van der Waals surface area contributed by atoms with Gasteiger partial charge in [-0.1, -0.05) is 51.1 Å². The average Bonchev–Trinajstić information content (AvgIpc) is 2.46. The molecule has 0 spiro atoms. The summed E-state index contributed by atoms with van der Waals surface area (Å²) < 4.78 is 40.4. The highest BCUT2D eigenvalue weighted by molar-refractivity contribution is 7.89. The summed E-state index contributed by atoms with van der Waals surface area (Å²) in [5, 5.41) is 0. The Morgan fingerprint density at radius 2 is 1.59 bits per heavy atom. The van der Waals surface area contributed by atoms with Gasteiger partial charge >= 0.3 is 0 Å². The molecule has 3 nitrogen and oxygen atoms in total. The molecule has 0 amide bonds. The molecule has 0 aliphatic heterocycles. The molecule has 118 valence electrons. The van der Waals surface area contributed by atoms with Crippen molar-refractivity contribution >= 4 is 10.0 Å². The maximum atomic E-state index is 13.5. The van der Waals surface area contributed by atoms with E-state index in [0.29, 0.717) is 5.56 Å². The lowest BCUT2D eigenvalue weighted by molar-refractivity contribution is 0.572. The summed E-state index contributed by atoms with van der Waals surface area (Å²) in [6.07, 6.45) is 0. The minimum Gasteiger partial charge on any atom is -0.207 e. The number of hydrogen-bond acceptors (Lipinski definition) is 2. The van der Waals surface area contributed by atoms with Crippen LogP contribution in [-0.2, 0) is 22.0 Å². The molecular weight excluding hydrogens is 301 g/mol. The molecule has 0 radical (unpaired) electrons. The zero-order valence-corrected chi connectivity index (χ0v) is 13.7. The number of rotatable bonds is 4. The molecule has 1 N–H and O–H groups in total. The largest absolute Gasteiger partial charge is 0.240 e. The van der Waals surface area contributed by atoms with E-state index in [1.165, 1.54) is 6.07 Å². The summed E-state index contributed by atoms with van der Waals surface area (Å²) in [7, 11) is -3.65. The van der Waals surface area contributed by atoms with E-state index < -0.39 is 15.8 Å². The zero-order valence-electron chi connectivity index (χ0n) is 12.9. The van der Waals surface area contributed by atoms with Gasteiger partial charge in [-0.05, 0) is 29.2 Å². The van der Waals surface area contributed by atoms with Crippen LogP contribution < -0.4 is 4.72 Å². The molecule has 0 unspecified atom stereocenters. The van der Waals surface area contributed by atoms with Crippen molar-refractivity contribution in [2.45, 2.75) is 37.6 Å². The van der Waals surface area contributed by atoms with E-state index >= 15 is 0 Å². The standard InChI is InChI=1S/C17H20FNO2S/c1-17(2,3)14-8-10-15(11-9-14)22(20,21)19-12-13-6-4-5-7-16(13)18/h4-11,19H,12H2,1-3H3. The zero-order chi connectivity index (χ0) is 16.4. The predicted molar refractivity (Wildman–Crippen MR) is 85.6 cm³/mol. The third kappa shape index (κ3) is 3.93. The molecule has 22 heavy (non-hydrogen) atoms. The van der Waals surface area contributed by atoms with Gasteiger partial charge in [-0.25, -0.2) is 17.5 Å². The van der Waals surface area contributed by atoms with Crippen LogP contribution in [0, 0.1) is 5.82 Å². The van der Waals surface area contributed by atoms with E-state index in [-0.39, 0.29) is 16.9 Å². The fourth-order valence-electron chi connectivity index (χ4n) is 2.03. The van der Waals surface area contributed by atoms with Crippen LogP contribution in [0.15, 0.2) is 53.4 Å². The Hall–Kier alpha value is -1.72. The van der Waals surface area contributed by atoms with E-state index in [1.807, 2.05) is 0 Å². The molecule has 2 aromatic carbocycles. The Bertz CT molecular complexity index is 747. The highest BCUT2D eigenvalue weighted by Gasteiger charge is 2.17. The quantitative estimate of drug-likeness (QED) is 0.935. The fraction of sp³-hybridized carbons (Fsp3) is 0.294.